The van der Waals surface area contributed by atoms with Crippen LogP contribution >= 0.6 is 0 Å². The normalized spacial score (nSPS) is 11.6. The highest BCUT2D eigenvalue weighted by atomic mass is 16.1. The maximum Gasteiger partial charge on any atom is 0.197 e. The average Bonchev–Trinajstić information content (AvgIpc) is 3.10. The van der Waals surface area contributed by atoms with E-state index in [0.717, 1.165) is 72.1 Å². The number of rotatable bonds is 6. The van der Waals surface area contributed by atoms with E-state index in [1.54, 1.807) is 0 Å². The number of pyridine rings is 2. The Morgan fingerprint density at radius 1 is 0.787 bits per heavy atom. The minimum atomic E-state index is 0.0204. The molecule has 47 heavy (non-hydrogen) atoms. The first-order chi connectivity index (χ1) is 22.8. The smallest absolute Gasteiger partial charge is 0.197 e. The topological polar surface area (TPSA) is 38.1 Å². The van der Waals surface area contributed by atoms with Crippen molar-refractivity contribution in [2.45, 2.75) is 20.8 Å². The summed E-state index contributed by atoms with van der Waals surface area (Å²) < 4.78 is 2.17. The Morgan fingerprint density at radius 3 is 2.28 bits per heavy atom. The van der Waals surface area contributed by atoms with Gasteiger partial charge in [0.05, 0.1) is 16.7 Å². The van der Waals surface area contributed by atoms with Crippen molar-refractivity contribution in [2.24, 2.45) is 7.05 Å². The number of hydrogen-bond acceptors (Lipinski definition) is 3. The molecule has 4 nitrogen and oxygen atoms in total. The molecule has 0 saturated heterocycles. The van der Waals surface area contributed by atoms with E-state index in [4.69, 9.17) is 0 Å². The van der Waals surface area contributed by atoms with Gasteiger partial charge in [0.15, 0.2) is 5.43 Å². The summed E-state index contributed by atoms with van der Waals surface area (Å²) in [6.07, 6.45) is 9.85. The van der Waals surface area contributed by atoms with E-state index in [9.17, 15) is 4.79 Å². The maximum absolute atomic E-state index is 14.4. The molecule has 0 bridgehead atoms. The summed E-state index contributed by atoms with van der Waals surface area (Å²) in [5.41, 5.74) is 12.7. The third kappa shape index (κ3) is 4.85. The first kappa shape index (κ1) is 29.9. The Kier molecular flexibility index (Phi) is 7.57. The van der Waals surface area contributed by atoms with Crippen LogP contribution in [0.25, 0.3) is 67.0 Å². The zero-order chi connectivity index (χ0) is 32.8. The van der Waals surface area contributed by atoms with Crippen LogP contribution in [0.15, 0.2) is 121 Å². The third-order valence-electron chi connectivity index (χ3n) is 9.44. The second-order valence-corrected chi connectivity index (χ2v) is 12.2. The quantitative estimate of drug-likeness (QED) is 0.176. The number of hydrogen-bond donors (Lipinski definition) is 0. The highest BCUT2D eigenvalue weighted by molar-refractivity contribution is 6.05. The van der Waals surface area contributed by atoms with E-state index in [0.29, 0.717) is 10.8 Å². The minimum absolute atomic E-state index is 0.0204. The number of aryl methyl sites for hydroxylation is 3. The maximum atomic E-state index is 14.4. The van der Waals surface area contributed by atoms with Gasteiger partial charge in [-0.05, 0) is 83.8 Å². The zero-order valence-corrected chi connectivity index (χ0v) is 27.5. The molecule has 0 N–H and O–H groups in total. The fourth-order valence-corrected chi connectivity index (χ4v) is 7.18. The number of nitrogens with zero attached hydrogens (tertiary/aromatic N) is 3. The monoisotopic (exact) mass is 611 g/mol. The fourth-order valence-electron chi connectivity index (χ4n) is 7.18. The molecule has 0 aliphatic heterocycles. The number of para-hydroxylation sites is 2. The molecule has 0 radical (unpaired) electrons. The lowest BCUT2D eigenvalue weighted by Crippen LogP contribution is -2.16. The summed E-state index contributed by atoms with van der Waals surface area (Å²) >= 11 is 0. The highest BCUT2D eigenvalue weighted by Gasteiger charge is 2.21. The molecule has 2 heterocycles. The van der Waals surface area contributed by atoms with Gasteiger partial charge in [0.2, 0.25) is 0 Å². The van der Waals surface area contributed by atoms with E-state index in [1.165, 1.54) is 5.56 Å². The van der Waals surface area contributed by atoms with Gasteiger partial charge in [0.25, 0.3) is 0 Å². The summed E-state index contributed by atoms with van der Waals surface area (Å²) in [5.74, 6) is 0. The van der Waals surface area contributed by atoms with Crippen molar-refractivity contribution in [3.63, 3.8) is 0 Å². The van der Waals surface area contributed by atoms with Crippen LogP contribution in [0.5, 0.6) is 0 Å². The Labute approximate surface area is 275 Å². The Hall–Kier alpha value is -5.74. The minimum Gasteiger partial charge on any atom is -0.343 e. The van der Waals surface area contributed by atoms with Gasteiger partial charge < -0.3 is 9.47 Å². The largest absolute Gasteiger partial charge is 0.343 e. The molecule has 0 spiro atoms. The molecule has 0 aliphatic rings. The summed E-state index contributed by atoms with van der Waals surface area (Å²) in [7, 11) is 4.14. The molecule has 0 saturated carbocycles. The molecule has 0 atom stereocenters. The second kappa shape index (κ2) is 11.9. The van der Waals surface area contributed by atoms with Crippen LogP contribution in [0.3, 0.4) is 0 Å². The predicted molar refractivity (Wildman–Crippen MR) is 202 cm³/mol. The van der Waals surface area contributed by atoms with Gasteiger partial charge in [-0.1, -0.05) is 91.5 Å². The van der Waals surface area contributed by atoms with E-state index < -0.39 is 0 Å². The SMILES string of the molecule is C=Cc1cc2c(cc1N(C)c1c(C)cccc1-c1cccc3cnccc13)c(=O)c1cccc(-c3cccc(C)c3/C=C\C)c1n2C. The van der Waals surface area contributed by atoms with Gasteiger partial charge in [-0.2, -0.15) is 0 Å². The first-order valence-electron chi connectivity index (χ1n) is 15.9. The Morgan fingerprint density at radius 2 is 1.49 bits per heavy atom. The molecular weight excluding hydrogens is 574 g/mol. The summed E-state index contributed by atoms with van der Waals surface area (Å²) in [6.45, 7) is 10.5. The molecule has 7 aromatic rings. The number of aromatic nitrogens is 2. The van der Waals surface area contributed by atoms with Crippen LogP contribution < -0.4 is 10.3 Å². The van der Waals surface area contributed by atoms with Gasteiger partial charge in [-0.15, -0.1) is 0 Å². The Balaban J connectivity index is 1.48. The molecular formula is C43H37N3O. The van der Waals surface area contributed by atoms with Crippen LogP contribution in [-0.2, 0) is 7.05 Å². The molecule has 7 rings (SSSR count). The number of fused-ring (bicyclic) bond motifs is 3. The van der Waals surface area contributed by atoms with E-state index >= 15 is 0 Å². The summed E-state index contributed by atoms with van der Waals surface area (Å²) in [4.78, 5) is 21.0. The molecule has 2 aromatic heterocycles. The van der Waals surface area contributed by atoms with E-state index in [1.807, 2.05) is 43.6 Å². The van der Waals surface area contributed by atoms with E-state index in [-0.39, 0.29) is 5.43 Å². The van der Waals surface area contributed by atoms with Crippen LogP contribution in [0, 0.1) is 13.8 Å². The summed E-state index contributed by atoms with van der Waals surface area (Å²) in [6, 6.07) is 31.4. The van der Waals surface area contributed by atoms with Crippen molar-refractivity contribution < 1.29 is 0 Å². The zero-order valence-electron chi connectivity index (χ0n) is 27.5. The molecule has 0 unspecified atom stereocenters. The number of allylic oxidation sites excluding steroid dienone is 1. The Bertz CT molecular complexity index is 2460. The van der Waals surface area contributed by atoms with Crippen LogP contribution in [0.2, 0.25) is 0 Å². The predicted octanol–water partition coefficient (Wildman–Crippen LogP) is 10.6. The second-order valence-electron chi connectivity index (χ2n) is 12.2. The van der Waals surface area contributed by atoms with Crippen molar-refractivity contribution >= 4 is 56.1 Å². The van der Waals surface area contributed by atoms with Gasteiger partial charge >= 0.3 is 0 Å². The number of benzene rings is 5. The fraction of sp³-hybridized carbons (Fsp3) is 0.116. The standard InChI is InChI=1S/C43H37N3O/c1-7-13-31-27(3)14-9-17-33(31)36-20-12-21-37-42(36)46(6)40-24-29(8-2)39(25-38(40)43(37)47)45(5)41-28(4)15-10-19-35(41)34-18-11-16-30-26-44-23-22-32(30)34/h7-26H,2H2,1,3-6H3/b13-7-. The molecule has 230 valence electrons. The van der Waals surface area contributed by atoms with Crippen molar-refractivity contribution in [1.29, 1.82) is 0 Å². The molecule has 5 aromatic carbocycles. The van der Waals surface area contributed by atoms with Crippen LogP contribution in [0.1, 0.15) is 29.2 Å². The van der Waals surface area contributed by atoms with E-state index in [2.05, 4.69) is 134 Å². The lowest BCUT2D eigenvalue weighted by Gasteiger charge is -2.28. The molecule has 0 amide bonds. The lowest BCUT2D eigenvalue weighted by molar-refractivity contribution is 1.00. The summed E-state index contributed by atoms with van der Waals surface area (Å²) in [5, 5.41) is 3.61. The van der Waals surface area contributed by atoms with Crippen molar-refractivity contribution in [1.82, 2.24) is 9.55 Å². The molecule has 4 heteroatoms. The highest BCUT2D eigenvalue weighted by Crippen LogP contribution is 2.42. The lowest BCUT2D eigenvalue weighted by atomic mass is 9.93. The van der Waals surface area contributed by atoms with Crippen molar-refractivity contribution in [3.05, 3.63) is 149 Å². The van der Waals surface area contributed by atoms with Crippen LogP contribution in [-0.4, -0.2) is 16.6 Å². The first-order valence-corrected chi connectivity index (χ1v) is 15.9. The van der Waals surface area contributed by atoms with Gasteiger partial charge in [-0.3, -0.25) is 9.78 Å². The average molecular weight is 612 g/mol. The van der Waals surface area contributed by atoms with Gasteiger partial charge in [0, 0.05) is 59.5 Å². The third-order valence-corrected chi connectivity index (χ3v) is 9.44. The van der Waals surface area contributed by atoms with Crippen molar-refractivity contribution in [2.75, 3.05) is 11.9 Å². The molecule has 0 fully saturated rings. The molecule has 0 aliphatic carbocycles. The van der Waals surface area contributed by atoms with Gasteiger partial charge in [0.1, 0.15) is 0 Å². The van der Waals surface area contributed by atoms with Crippen molar-refractivity contribution in [3.8, 4) is 22.3 Å². The number of anilines is 2. The van der Waals surface area contributed by atoms with Gasteiger partial charge in [-0.25, -0.2) is 0 Å². The van der Waals surface area contributed by atoms with Crippen LogP contribution in [0.4, 0.5) is 11.4 Å².